The Kier molecular flexibility index (Phi) is 3.40. The Bertz CT molecular complexity index is 418. The number of pyridine rings is 2. The van der Waals surface area contributed by atoms with E-state index in [0.717, 1.165) is 0 Å². The van der Waals surface area contributed by atoms with E-state index in [2.05, 4.69) is 9.97 Å². The van der Waals surface area contributed by atoms with Crippen LogP contribution in [0.5, 0.6) is 11.5 Å². The van der Waals surface area contributed by atoms with Crippen LogP contribution in [-0.2, 0) is 0 Å². The largest absolute Gasteiger partial charge is 0.417 e. The Morgan fingerprint density at radius 1 is 0.812 bits per heavy atom. The van der Waals surface area contributed by atoms with E-state index in [1.807, 2.05) is 0 Å². The van der Waals surface area contributed by atoms with Gasteiger partial charge in [0.05, 0.1) is 0 Å². The fourth-order valence-electron chi connectivity index (χ4n) is 1.03. The van der Waals surface area contributed by atoms with Crippen LogP contribution in [0.1, 0.15) is 0 Å². The van der Waals surface area contributed by atoms with Crippen LogP contribution in [0.15, 0.2) is 49.1 Å². The molecule has 2 heterocycles. The molecular weight excluding hydrogens is 224 g/mol. The highest BCUT2D eigenvalue weighted by Crippen LogP contribution is 2.11. The zero-order valence-corrected chi connectivity index (χ0v) is 9.05. The van der Waals surface area contributed by atoms with E-state index in [4.69, 9.17) is 21.7 Å². The van der Waals surface area contributed by atoms with E-state index in [0.29, 0.717) is 11.5 Å². The van der Waals surface area contributed by atoms with Crippen LogP contribution in [0.2, 0.25) is 0 Å². The molecule has 0 spiro atoms. The van der Waals surface area contributed by atoms with Crippen LogP contribution < -0.4 is 9.47 Å². The molecule has 0 aliphatic rings. The first kappa shape index (κ1) is 10.5. The summed E-state index contributed by atoms with van der Waals surface area (Å²) < 4.78 is 10.5. The maximum Gasteiger partial charge on any atom is 0.363 e. The summed E-state index contributed by atoms with van der Waals surface area (Å²) in [6.45, 7) is 0. The molecular formula is C11H8N2O2S. The third kappa shape index (κ3) is 2.99. The topological polar surface area (TPSA) is 44.2 Å². The zero-order valence-electron chi connectivity index (χ0n) is 8.24. The maximum absolute atomic E-state index is 5.27. The summed E-state index contributed by atoms with van der Waals surface area (Å²) in [5.41, 5.74) is 0. The average Bonchev–Trinajstić information content (AvgIpc) is 2.31. The van der Waals surface area contributed by atoms with Crippen LogP contribution in [0.25, 0.3) is 0 Å². The van der Waals surface area contributed by atoms with E-state index < -0.39 is 0 Å². The van der Waals surface area contributed by atoms with Crippen LogP contribution >= 0.6 is 12.2 Å². The number of hydrogen-bond acceptors (Lipinski definition) is 5. The summed E-state index contributed by atoms with van der Waals surface area (Å²) in [4.78, 5) is 7.73. The lowest BCUT2D eigenvalue weighted by Crippen LogP contribution is -2.13. The van der Waals surface area contributed by atoms with Crippen molar-refractivity contribution in [2.45, 2.75) is 0 Å². The van der Waals surface area contributed by atoms with Gasteiger partial charge >= 0.3 is 5.24 Å². The van der Waals surface area contributed by atoms with Crippen molar-refractivity contribution >= 4 is 17.5 Å². The van der Waals surface area contributed by atoms with Gasteiger partial charge in [-0.15, -0.1) is 0 Å². The van der Waals surface area contributed by atoms with Gasteiger partial charge in [-0.1, -0.05) is 0 Å². The Balaban J connectivity index is 1.95. The third-order valence-electron chi connectivity index (χ3n) is 1.70. The molecule has 0 aromatic carbocycles. The molecule has 2 aromatic heterocycles. The van der Waals surface area contributed by atoms with E-state index in [9.17, 15) is 0 Å². The molecule has 0 bridgehead atoms. The van der Waals surface area contributed by atoms with Gasteiger partial charge in [0.25, 0.3) is 0 Å². The monoisotopic (exact) mass is 232 g/mol. The van der Waals surface area contributed by atoms with E-state index in [-0.39, 0.29) is 5.24 Å². The Labute approximate surface area is 97.9 Å². The second kappa shape index (κ2) is 5.18. The average molecular weight is 232 g/mol. The second-order valence-electron chi connectivity index (χ2n) is 2.82. The standard InChI is InChI=1S/C11H8N2O2S/c16-11(14-9-1-5-12-6-2-9)15-10-3-7-13-8-4-10/h1-8H. The molecule has 0 amide bonds. The normalized spacial score (nSPS) is 9.50. The van der Waals surface area contributed by atoms with Gasteiger partial charge in [-0.2, -0.15) is 0 Å². The molecule has 16 heavy (non-hydrogen) atoms. The van der Waals surface area contributed by atoms with Crippen LogP contribution in [-0.4, -0.2) is 15.2 Å². The predicted octanol–water partition coefficient (Wildman–Crippen LogP) is 2.22. The van der Waals surface area contributed by atoms with Gasteiger partial charge in [0.15, 0.2) is 0 Å². The van der Waals surface area contributed by atoms with Crippen molar-refractivity contribution in [3.63, 3.8) is 0 Å². The molecule has 0 unspecified atom stereocenters. The lowest BCUT2D eigenvalue weighted by atomic mass is 10.4. The van der Waals surface area contributed by atoms with Crippen LogP contribution in [0, 0.1) is 0 Å². The second-order valence-corrected chi connectivity index (χ2v) is 3.15. The number of hydrogen-bond donors (Lipinski definition) is 0. The van der Waals surface area contributed by atoms with Crippen LogP contribution in [0.4, 0.5) is 0 Å². The van der Waals surface area contributed by atoms with Crippen molar-refractivity contribution in [2.75, 3.05) is 0 Å². The van der Waals surface area contributed by atoms with Gasteiger partial charge in [-0.25, -0.2) is 0 Å². The molecule has 0 aliphatic heterocycles. The maximum atomic E-state index is 5.27. The van der Waals surface area contributed by atoms with Gasteiger partial charge < -0.3 is 9.47 Å². The van der Waals surface area contributed by atoms with Crippen molar-refractivity contribution in [1.82, 2.24) is 9.97 Å². The van der Waals surface area contributed by atoms with Gasteiger partial charge in [0.2, 0.25) is 0 Å². The van der Waals surface area contributed by atoms with Crippen molar-refractivity contribution in [3.8, 4) is 11.5 Å². The summed E-state index contributed by atoms with van der Waals surface area (Å²) >= 11 is 4.93. The summed E-state index contributed by atoms with van der Waals surface area (Å²) in [7, 11) is 0. The first-order chi connectivity index (χ1) is 7.84. The van der Waals surface area contributed by atoms with Gasteiger partial charge in [-0.3, -0.25) is 9.97 Å². The number of ether oxygens (including phenoxy) is 2. The van der Waals surface area contributed by atoms with Crippen molar-refractivity contribution < 1.29 is 9.47 Å². The van der Waals surface area contributed by atoms with Crippen molar-refractivity contribution in [1.29, 1.82) is 0 Å². The number of aromatic nitrogens is 2. The minimum Gasteiger partial charge on any atom is -0.417 e. The SMILES string of the molecule is S=C(Oc1ccncc1)Oc1ccncc1. The summed E-state index contributed by atoms with van der Waals surface area (Å²) in [5.74, 6) is 1.18. The Morgan fingerprint density at radius 3 is 1.56 bits per heavy atom. The smallest absolute Gasteiger partial charge is 0.363 e. The van der Waals surface area contributed by atoms with Crippen molar-refractivity contribution in [2.24, 2.45) is 0 Å². The molecule has 5 heteroatoms. The summed E-state index contributed by atoms with van der Waals surface area (Å²) in [6.07, 6.45) is 6.46. The van der Waals surface area contributed by atoms with Gasteiger partial charge in [0.1, 0.15) is 11.5 Å². The minimum atomic E-state index is 0.0393. The molecule has 2 aromatic rings. The fourth-order valence-corrected chi connectivity index (χ4v) is 1.22. The number of nitrogens with zero attached hydrogens (tertiary/aromatic N) is 2. The lowest BCUT2D eigenvalue weighted by Gasteiger charge is -2.07. The molecule has 0 fully saturated rings. The highest BCUT2D eigenvalue weighted by molar-refractivity contribution is 7.79. The lowest BCUT2D eigenvalue weighted by molar-refractivity contribution is 0.403. The number of thiocarbonyl (C=S) groups is 1. The van der Waals surface area contributed by atoms with Crippen molar-refractivity contribution in [3.05, 3.63) is 49.1 Å². The Hall–Kier alpha value is -2.01. The summed E-state index contributed by atoms with van der Waals surface area (Å²) in [5, 5.41) is 0.0393. The summed E-state index contributed by atoms with van der Waals surface area (Å²) in [6, 6.07) is 6.79. The third-order valence-corrected chi connectivity index (χ3v) is 1.87. The van der Waals surface area contributed by atoms with E-state index in [1.54, 1.807) is 49.1 Å². The predicted molar refractivity (Wildman–Crippen MR) is 62.3 cm³/mol. The quantitative estimate of drug-likeness (QED) is 0.743. The molecule has 4 nitrogen and oxygen atoms in total. The van der Waals surface area contributed by atoms with Gasteiger partial charge in [0, 0.05) is 37.0 Å². The zero-order chi connectivity index (χ0) is 11.2. The van der Waals surface area contributed by atoms with E-state index in [1.165, 1.54) is 0 Å². The van der Waals surface area contributed by atoms with Crippen LogP contribution in [0.3, 0.4) is 0 Å². The molecule has 0 N–H and O–H groups in total. The fraction of sp³-hybridized carbons (Fsp3) is 0. The molecule has 0 aliphatic carbocycles. The minimum absolute atomic E-state index is 0.0393. The Morgan fingerprint density at radius 2 is 1.19 bits per heavy atom. The molecule has 80 valence electrons. The highest BCUT2D eigenvalue weighted by atomic mass is 32.1. The molecule has 0 atom stereocenters. The molecule has 0 saturated carbocycles. The first-order valence-corrected chi connectivity index (χ1v) is 4.95. The number of rotatable bonds is 2. The molecule has 0 radical (unpaired) electrons. The molecule has 2 rings (SSSR count). The molecule has 0 saturated heterocycles. The van der Waals surface area contributed by atoms with E-state index >= 15 is 0 Å². The van der Waals surface area contributed by atoms with Gasteiger partial charge in [-0.05, 0) is 24.3 Å². The first-order valence-electron chi connectivity index (χ1n) is 4.54. The highest BCUT2D eigenvalue weighted by Gasteiger charge is 2.02.